The zero-order valence-electron chi connectivity index (χ0n) is 14.7. The predicted molar refractivity (Wildman–Crippen MR) is 96.7 cm³/mol. The summed E-state index contributed by atoms with van der Waals surface area (Å²) in [5.74, 6) is -1.43. The van der Waals surface area contributed by atoms with Gasteiger partial charge in [0.1, 0.15) is 16.5 Å². The third kappa shape index (κ3) is 3.88. The van der Waals surface area contributed by atoms with Crippen molar-refractivity contribution in [1.29, 1.82) is 0 Å². The average Bonchev–Trinajstić information content (AvgIpc) is 3.45. The van der Waals surface area contributed by atoms with Crippen LogP contribution in [0.1, 0.15) is 18.4 Å². The van der Waals surface area contributed by atoms with Gasteiger partial charge in [0.05, 0.1) is 14.2 Å². The number of nitrogens with zero attached hydrogens (tertiary/aromatic N) is 1. The van der Waals surface area contributed by atoms with Gasteiger partial charge in [-0.15, -0.1) is 0 Å². The lowest BCUT2D eigenvalue weighted by Gasteiger charge is -2.23. The lowest BCUT2D eigenvalue weighted by Crippen LogP contribution is -2.33. The molecule has 0 radical (unpaired) electrons. The molecule has 0 spiro atoms. The molecule has 0 bridgehead atoms. The Balaban J connectivity index is 2.06. The second-order valence-electron chi connectivity index (χ2n) is 6.12. The van der Waals surface area contributed by atoms with Crippen molar-refractivity contribution in [1.82, 2.24) is 4.31 Å². The summed E-state index contributed by atoms with van der Waals surface area (Å²) in [7, 11) is -1.62. The number of halogens is 3. The second kappa shape index (κ2) is 7.61. The molecule has 1 aliphatic rings. The predicted octanol–water partition coefficient (Wildman–Crippen LogP) is 3.99. The Kier molecular flexibility index (Phi) is 5.60. The van der Waals surface area contributed by atoms with E-state index in [0.29, 0.717) is 12.8 Å². The van der Waals surface area contributed by atoms with Crippen molar-refractivity contribution < 1.29 is 26.7 Å². The Labute approximate surface area is 161 Å². The molecule has 1 aliphatic carbocycles. The minimum absolute atomic E-state index is 0.0514. The van der Waals surface area contributed by atoms with Crippen molar-refractivity contribution >= 4 is 21.6 Å². The first kappa shape index (κ1) is 19.9. The van der Waals surface area contributed by atoms with Crippen LogP contribution >= 0.6 is 11.6 Å². The van der Waals surface area contributed by atoms with Crippen LogP contribution in [0.5, 0.6) is 11.5 Å². The molecule has 0 atom stereocenters. The number of hydrogen-bond donors (Lipinski definition) is 0. The van der Waals surface area contributed by atoms with Gasteiger partial charge in [0, 0.05) is 35.3 Å². The molecule has 0 aromatic heterocycles. The quantitative estimate of drug-likeness (QED) is 0.683. The molecule has 0 N–H and O–H groups in total. The standard InChI is InChI=1S/C18H18ClF2NO4S/c1-25-16-8-15(21)18(9-17(16)26-2)27(23,24)22(11-6-7-11)10-12-13(19)4-3-5-14(12)20/h3-5,8-9,11H,6-7,10H2,1-2H3. The van der Waals surface area contributed by atoms with Crippen molar-refractivity contribution in [3.05, 3.63) is 52.6 Å². The normalized spacial score (nSPS) is 14.4. The minimum Gasteiger partial charge on any atom is -0.493 e. The molecule has 0 unspecified atom stereocenters. The van der Waals surface area contributed by atoms with Gasteiger partial charge in [0.2, 0.25) is 10.0 Å². The summed E-state index contributed by atoms with van der Waals surface area (Å²) in [4.78, 5) is -0.556. The molecule has 5 nitrogen and oxygen atoms in total. The van der Waals surface area contributed by atoms with E-state index in [0.717, 1.165) is 16.4 Å². The molecule has 2 aromatic carbocycles. The Hall–Kier alpha value is -1.90. The molecule has 146 valence electrons. The highest BCUT2D eigenvalue weighted by Crippen LogP contribution is 2.38. The molecule has 2 aromatic rings. The molecular formula is C18H18ClF2NO4S. The highest BCUT2D eigenvalue weighted by Gasteiger charge is 2.40. The maximum atomic E-state index is 14.5. The van der Waals surface area contributed by atoms with Gasteiger partial charge in [-0.1, -0.05) is 17.7 Å². The van der Waals surface area contributed by atoms with Gasteiger partial charge in [-0.2, -0.15) is 4.31 Å². The topological polar surface area (TPSA) is 55.8 Å². The van der Waals surface area contributed by atoms with E-state index in [1.54, 1.807) is 0 Å². The summed E-state index contributed by atoms with van der Waals surface area (Å²) in [5, 5.41) is 0.114. The van der Waals surface area contributed by atoms with Gasteiger partial charge >= 0.3 is 0 Å². The average molecular weight is 418 g/mol. The van der Waals surface area contributed by atoms with Crippen molar-refractivity contribution in [3.8, 4) is 11.5 Å². The Bertz CT molecular complexity index is 944. The molecule has 27 heavy (non-hydrogen) atoms. The van der Waals surface area contributed by atoms with Crippen LogP contribution in [0.3, 0.4) is 0 Å². The fourth-order valence-electron chi connectivity index (χ4n) is 2.77. The SMILES string of the molecule is COc1cc(F)c(S(=O)(=O)N(Cc2c(F)cccc2Cl)C2CC2)cc1OC. The largest absolute Gasteiger partial charge is 0.493 e. The van der Waals surface area contributed by atoms with Crippen molar-refractivity contribution in [2.24, 2.45) is 0 Å². The van der Waals surface area contributed by atoms with E-state index in [9.17, 15) is 17.2 Å². The number of hydrogen-bond acceptors (Lipinski definition) is 4. The maximum Gasteiger partial charge on any atom is 0.246 e. The van der Waals surface area contributed by atoms with Crippen LogP contribution in [0.15, 0.2) is 35.2 Å². The molecule has 0 aliphatic heterocycles. The van der Waals surface area contributed by atoms with E-state index in [1.165, 1.54) is 32.4 Å². The van der Waals surface area contributed by atoms with Crippen LogP contribution in [0.2, 0.25) is 5.02 Å². The van der Waals surface area contributed by atoms with E-state index < -0.39 is 26.6 Å². The zero-order valence-corrected chi connectivity index (χ0v) is 16.3. The summed E-state index contributed by atoms with van der Waals surface area (Å²) in [5.41, 5.74) is 0.0514. The highest BCUT2D eigenvalue weighted by molar-refractivity contribution is 7.89. The van der Waals surface area contributed by atoms with Crippen LogP contribution in [0.4, 0.5) is 8.78 Å². The first-order valence-electron chi connectivity index (χ1n) is 8.15. The molecule has 0 saturated heterocycles. The summed E-state index contributed by atoms with van der Waals surface area (Å²) < 4.78 is 66.2. The highest BCUT2D eigenvalue weighted by atomic mass is 35.5. The summed E-state index contributed by atoms with van der Waals surface area (Å²) in [6, 6.07) is 5.81. The van der Waals surface area contributed by atoms with Crippen molar-refractivity contribution in [2.45, 2.75) is 30.3 Å². The molecule has 9 heteroatoms. The number of benzene rings is 2. The molecule has 1 saturated carbocycles. The fourth-order valence-corrected chi connectivity index (χ4v) is 4.71. The van der Waals surface area contributed by atoms with E-state index in [2.05, 4.69) is 0 Å². The summed E-state index contributed by atoms with van der Waals surface area (Å²) in [6.07, 6.45) is 1.22. The van der Waals surface area contributed by atoms with E-state index in [1.807, 2.05) is 0 Å². The smallest absolute Gasteiger partial charge is 0.246 e. The lowest BCUT2D eigenvalue weighted by atomic mass is 10.2. The summed E-state index contributed by atoms with van der Waals surface area (Å²) >= 11 is 6.04. The van der Waals surface area contributed by atoms with Gasteiger partial charge in [-0.25, -0.2) is 17.2 Å². The summed E-state index contributed by atoms with van der Waals surface area (Å²) in [6.45, 7) is -0.285. The van der Waals surface area contributed by atoms with Crippen LogP contribution in [-0.2, 0) is 16.6 Å². The maximum absolute atomic E-state index is 14.5. The van der Waals surface area contributed by atoms with E-state index in [-0.39, 0.29) is 34.7 Å². The van der Waals surface area contributed by atoms with Crippen LogP contribution in [0, 0.1) is 11.6 Å². The van der Waals surface area contributed by atoms with Crippen LogP contribution in [0.25, 0.3) is 0 Å². The third-order valence-electron chi connectivity index (χ3n) is 4.35. The Morgan fingerprint density at radius 3 is 2.30 bits per heavy atom. The monoisotopic (exact) mass is 417 g/mol. The minimum atomic E-state index is -4.26. The molecule has 3 rings (SSSR count). The zero-order chi connectivity index (χ0) is 19.8. The van der Waals surface area contributed by atoms with Gasteiger partial charge in [-0.3, -0.25) is 0 Å². The fraction of sp³-hybridized carbons (Fsp3) is 0.333. The number of methoxy groups -OCH3 is 2. The van der Waals surface area contributed by atoms with Gasteiger partial charge in [-0.05, 0) is 25.0 Å². The second-order valence-corrected chi connectivity index (χ2v) is 8.39. The van der Waals surface area contributed by atoms with Gasteiger partial charge < -0.3 is 9.47 Å². The van der Waals surface area contributed by atoms with E-state index in [4.69, 9.17) is 21.1 Å². The molecule has 0 amide bonds. The van der Waals surface area contributed by atoms with Crippen LogP contribution in [-0.4, -0.2) is 33.0 Å². The number of ether oxygens (including phenoxy) is 2. The molecular weight excluding hydrogens is 400 g/mol. The van der Waals surface area contributed by atoms with Gasteiger partial charge in [0.25, 0.3) is 0 Å². The van der Waals surface area contributed by atoms with Crippen molar-refractivity contribution in [3.63, 3.8) is 0 Å². The lowest BCUT2D eigenvalue weighted by molar-refractivity contribution is 0.348. The Morgan fingerprint density at radius 1 is 1.11 bits per heavy atom. The van der Waals surface area contributed by atoms with Gasteiger partial charge in [0.15, 0.2) is 11.5 Å². The Morgan fingerprint density at radius 2 is 1.74 bits per heavy atom. The van der Waals surface area contributed by atoms with Crippen molar-refractivity contribution in [2.75, 3.05) is 14.2 Å². The first-order valence-corrected chi connectivity index (χ1v) is 9.97. The first-order chi connectivity index (χ1) is 12.8. The third-order valence-corrected chi connectivity index (χ3v) is 6.62. The molecule has 1 fully saturated rings. The number of sulfonamides is 1. The molecule has 0 heterocycles. The number of rotatable bonds is 7. The van der Waals surface area contributed by atoms with E-state index >= 15 is 0 Å². The van der Waals surface area contributed by atoms with Crippen LogP contribution < -0.4 is 9.47 Å².